The van der Waals surface area contributed by atoms with E-state index in [1.54, 1.807) is 13.3 Å². The highest BCUT2D eigenvalue weighted by Crippen LogP contribution is 2.27. The minimum Gasteiger partial charge on any atom is -0.495 e. The Morgan fingerprint density at radius 3 is 3.00 bits per heavy atom. The van der Waals surface area contributed by atoms with Crippen LogP contribution in [0.3, 0.4) is 0 Å². The number of aryl methyl sites for hydroxylation is 1. The predicted octanol–water partition coefficient (Wildman–Crippen LogP) is 3.00. The van der Waals surface area contributed by atoms with Gasteiger partial charge in [0.25, 0.3) is 0 Å². The Balaban J connectivity index is 1.71. The van der Waals surface area contributed by atoms with Crippen LogP contribution >= 0.6 is 0 Å². The number of rotatable bonds is 5. The first-order chi connectivity index (χ1) is 11.7. The third-order valence-electron chi connectivity index (χ3n) is 4.37. The summed E-state index contributed by atoms with van der Waals surface area (Å²) in [6.45, 7) is 3.61. The molecular weight excluding hydrogens is 302 g/mol. The molecule has 0 aliphatic carbocycles. The van der Waals surface area contributed by atoms with E-state index < -0.39 is 0 Å². The van der Waals surface area contributed by atoms with E-state index in [4.69, 9.17) is 4.74 Å². The van der Waals surface area contributed by atoms with Crippen molar-refractivity contribution >= 4 is 11.6 Å². The van der Waals surface area contributed by atoms with Crippen LogP contribution in [0, 0.1) is 6.92 Å². The molecule has 1 saturated heterocycles. The van der Waals surface area contributed by atoms with Crippen LogP contribution in [0.4, 0.5) is 5.69 Å². The summed E-state index contributed by atoms with van der Waals surface area (Å²) >= 11 is 0. The summed E-state index contributed by atoms with van der Waals surface area (Å²) in [5.74, 6) is 0.704. The normalized spacial score (nSPS) is 17.7. The van der Waals surface area contributed by atoms with E-state index in [-0.39, 0.29) is 11.9 Å². The number of benzene rings is 1. The molecule has 5 nitrogen and oxygen atoms in total. The quantitative estimate of drug-likeness (QED) is 0.918. The molecule has 126 valence electrons. The van der Waals surface area contributed by atoms with E-state index >= 15 is 0 Å². The third-order valence-corrected chi connectivity index (χ3v) is 4.37. The molecule has 0 unspecified atom stereocenters. The van der Waals surface area contributed by atoms with Crippen LogP contribution in [0.15, 0.2) is 42.6 Å². The van der Waals surface area contributed by atoms with Crippen LogP contribution in [0.25, 0.3) is 0 Å². The van der Waals surface area contributed by atoms with Gasteiger partial charge in [0.2, 0.25) is 5.91 Å². The molecule has 0 spiro atoms. The second-order valence-corrected chi connectivity index (χ2v) is 6.14. The number of aromatic nitrogens is 1. The minimum atomic E-state index is -0.128. The summed E-state index contributed by atoms with van der Waals surface area (Å²) in [7, 11) is 1.61. The number of carbonyl (C=O) groups excluding carboxylic acids is 1. The van der Waals surface area contributed by atoms with Gasteiger partial charge in [-0.2, -0.15) is 0 Å². The van der Waals surface area contributed by atoms with Crippen molar-refractivity contribution in [1.29, 1.82) is 0 Å². The number of anilines is 1. The molecule has 1 aliphatic heterocycles. The average molecular weight is 325 g/mol. The van der Waals surface area contributed by atoms with E-state index in [1.165, 1.54) is 0 Å². The molecule has 1 aliphatic rings. The number of hydrogen-bond acceptors (Lipinski definition) is 4. The maximum atomic E-state index is 12.8. The van der Waals surface area contributed by atoms with Crippen LogP contribution in [-0.4, -0.2) is 35.5 Å². The zero-order valence-corrected chi connectivity index (χ0v) is 14.2. The lowest BCUT2D eigenvalue weighted by atomic mass is 10.1. The number of pyridine rings is 1. The van der Waals surface area contributed by atoms with Crippen LogP contribution in [0.5, 0.6) is 5.75 Å². The molecule has 1 N–H and O–H groups in total. The number of carbonyl (C=O) groups is 1. The Morgan fingerprint density at radius 2 is 2.25 bits per heavy atom. The Kier molecular flexibility index (Phi) is 5.11. The molecule has 1 amide bonds. The van der Waals surface area contributed by atoms with Crippen molar-refractivity contribution in [2.45, 2.75) is 32.4 Å². The van der Waals surface area contributed by atoms with Crippen LogP contribution in [0.1, 0.15) is 24.1 Å². The van der Waals surface area contributed by atoms with Gasteiger partial charge < -0.3 is 10.1 Å². The maximum absolute atomic E-state index is 12.8. The Hall–Kier alpha value is -2.40. The standard InChI is InChI=1S/C19H23N3O2/c1-14-8-9-18(24-2)16(12-14)21-19(23)17-7-5-11-22(17)13-15-6-3-4-10-20-15/h3-4,6,8-10,12,17H,5,7,11,13H2,1-2H3,(H,21,23)/t17-/m0/s1. The minimum absolute atomic E-state index is 0.0207. The molecule has 0 bridgehead atoms. The SMILES string of the molecule is COc1ccc(C)cc1NC(=O)[C@@H]1CCCN1Cc1ccccn1. The topological polar surface area (TPSA) is 54.5 Å². The predicted molar refractivity (Wildman–Crippen MR) is 94.0 cm³/mol. The van der Waals surface area contributed by atoms with Gasteiger partial charge >= 0.3 is 0 Å². The van der Waals surface area contributed by atoms with E-state index in [1.807, 2.05) is 43.3 Å². The lowest BCUT2D eigenvalue weighted by molar-refractivity contribution is -0.120. The molecule has 1 fully saturated rings. The summed E-state index contributed by atoms with van der Waals surface area (Å²) in [5, 5.41) is 3.03. The molecule has 2 heterocycles. The molecule has 2 aromatic rings. The van der Waals surface area contributed by atoms with Crippen LogP contribution in [0.2, 0.25) is 0 Å². The zero-order chi connectivity index (χ0) is 16.9. The van der Waals surface area contributed by atoms with Crippen molar-refractivity contribution < 1.29 is 9.53 Å². The van der Waals surface area contributed by atoms with Crippen LogP contribution < -0.4 is 10.1 Å². The Labute approximate surface area is 142 Å². The summed E-state index contributed by atoms with van der Waals surface area (Å²) in [4.78, 5) is 19.3. The summed E-state index contributed by atoms with van der Waals surface area (Å²) < 4.78 is 5.35. The second kappa shape index (κ2) is 7.45. The maximum Gasteiger partial charge on any atom is 0.241 e. The number of amides is 1. The number of nitrogens with one attached hydrogen (secondary N) is 1. The summed E-state index contributed by atoms with van der Waals surface area (Å²) in [5.41, 5.74) is 2.81. The van der Waals surface area contributed by atoms with Crippen molar-refractivity contribution in [3.05, 3.63) is 53.9 Å². The number of likely N-dealkylation sites (tertiary alicyclic amines) is 1. The molecule has 1 aromatic heterocycles. The lowest BCUT2D eigenvalue weighted by Gasteiger charge is -2.23. The molecule has 3 rings (SSSR count). The van der Waals surface area contributed by atoms with Crippen LogP contribution in [-0.2, 0) is 11.3 Å². The number of ether oxygens (including phenoxy) is 1. The fourth-order valence-corrected chi connectivity index (χ4v) is 3.15. The zero-order valence-electron chi connectivity index (χ0n) is 14.2. The Morgan fingerprint density at radius 1 is 1.38 bits per heavy atom. The highest BCUT2D eigenvalue weighted by molar-refractivity contribution is 5.96. The van der Waals surface area contributed by atoms with Gasteiger partial charge in [-0.25, -0.2) is 0 Å². The largest absolute Gasteiger partial charge is 0.495 e. The van der Waals surface area contributed by atoms with E-state index in [0.717, 1.165) is 36.3 Å². The molecule has 0 radical (unpaired) electrons. The fraction of sp³-hybridized carbons (Fsp3) is 0.368. The van der Waals surface area contributed by atoms with E-state index in [0.29, 0.717) is 12.3 Å². The highest BCUT2D eigenvalue weighted by Gasteiger charge is 2.31. The first-order valence-electron chi connectivity index (χ1n) is 8.27. The average Bonchev–Trinajstić information content (AvgIpc) is 3.04. The van der Waals surface area contributed by atoms with Gasteiger partial charge in [-0.15, -0.1) is 0 Å². The van der Waals surface area contributed by atoms with E-state index in [2.05, 4.69) is 15.2 Å². The lowest BCUT2D eigenvalue weighted by Crippen LogP contribution is -2.39. The van der Waals surface area contributed by atoms with Gasteiger partial charge in [0.15, 0.2) is 0 Å². The second-order valence-electron chi connectivity index (χ2n) is 6.14. The van der Waals surface area contributed by atoms with Crippen molar-refractivity contribution in [3.8, 4) is 5.75 Å². The summed E-state index contributed by atoms with van der Waals surface area (Å²) in [6, 6.07) is 11.5. The number of nitrogens with zero attached hydrogens (tertiary/aromatic N) is 2. The van der Waals surface area contributed by atoms with Gasteiger partial charge in [0, 0.05) is 12.7 Å². The summed E-state index contributed by atoms with van der Waals surface area (Å²) in [6.07, 6.45) is 3.68. The molecule has 5 heteroatoms. The third kappa shape index (κ3) is 3.74. The number of methoxy groups -OCH3 is 1. The molecule has 24 heavy (non-hydrogen) atoms. The first kappa shape index (κ1) is 16.5. The van der Waals surface area contributed by atoms with Crippen molar-refractivity contribution in [2.75, 3.05) is 19.0 Å². The van der Waals surface area contributed by atoms with E-state index in [9.17, 15) is 4.79 Å². The fourth-order valence-electron chi connectivity index (χ4n) is 3.15. The van der Waals surface area contributed by atoms with Gasteiger partial charge in [-0.3, -0.25) is 14.7 Å². The highest BCUT2D eigenvalue weighted by atomic mass is 16.5. The van der Waals surface area contributed by atoms with Crippen molar-refractivity contribution in [2.24, 2.45) is 0 Å². The van der Waals surface area contributed by atoms with Crippen molar-refractivity contribution in [3.63, 3.8) is 0 Å². The smallest absolute Gasteiger partial charge is 0.241 e. The molecule has 0 saturated carbocycles. The monoisotopic (exact) mass is 325 g/mol. The molecule has 1 aromatic carbocycles. The van der Waals surface area contributed by atoms with Crippen molar-refractivity contribution in [1.82, 2.24) is 9.88 Å². The van der Waals surface area contributed by atoms with Gasteiger partial charge in [-0.1, -0.05) is 12.1 Å². The first-order valence-corrected chi connectivity index (χ1v) is 8.27. The van der Waals surface area contributed by atoms with Gasteiger partial charge in [-0.05, 0) is 56.1 Å². The molecular formula is C19H23N3O2. The van der Waals surface area contributed by atoms with Gasteiger partial charge in [0.05, 0.1) is 24.5 Å². The Bertz CT molecular complexity index is 703. The molecule has 1 atom stereocenters. The van der Waals surface area contributed by atoms with Gasteiger partial charge in [0.1, 0.15) is 5.75 Å². The number of hydrogen-bond donors (Lipinski definition) is 1.